The van der Waals surface area contributed by atoms with Crippen LogP contribution >= 0.6 is 15.9 Å². The lowest BCUT2D eigenvalue weighted by Crippen LogP contribution is -2.31. The van der Waals surface area contributed by atoms with Crippen molar-refractivity contribution in [3.05, 3.63) is 34.1 Å². The van der Waals surface area contributed by atoms with E-state index in [9.17, 15) is 4.39 Å². The smallest absolute Gasteiger partial charge is 0.137 e. The fraction of sp³-hybridized carbons (Fsp3) is 0.600. The van der Waals surface area contributed by atoms with E-state index in [2.05, 4.69) is 33.1 Å². The molecule has 1 aromatic rings. The monoisotopic (exact) mass is 328 g/mol. The summed E-state index contributed by atoms with van der Waals surface area (Å²) in [6, 6.07) is 5.18. The molecule has 1 N–H and O–H groups in total. The van der Waals surface area contributed by atoms with Crippen molar-refractivity contribution in [3.8, 4) is 0 Å². The topological polar surface area (TPSA) is 15.3 Å². The molecular weight excluding hydrogens is 307 g/mol. The van der Waals surface area contributed by atoms with Gasteiger partial charge in [0.15, 0.2) is 0 Å². The maximum absolute atomic E-state index is 13.1. The van der Waals surface area contributed by atoms with Gasteiger partial charge in [-0.15, -0.1) is 0 Å². The molecule has 1 saturated heterocycles. The average molecular weight is 329 g/mol. The molecule has 0 amide bonds. The van der Waals surface area contributed by atoms with E-state index < -0.39 is 0 Å². The Morgan fingerprint density at radius 2 is 2.11 bits per heavy atom. The number of hydrogen-bond donors (Lipinski definition) is 1. The Balaban J connectivity index is 1.68. The van der Waals surface area contributed by atoms with Gasteiger partial charge >= 0.3 is 0 Å². The minimum absolute atomic E-state index is 0.203. The van der Waals surface area contributed by atoms with E-state index in [1.165, 1.54) is 38.5 Å². The number of likely N-dealkylation sites (tertiary alicyclic amines) is 1. The molecule has 0 aliphatic carbocycles. The minimum Gasteiger partial charge on any atom is -0.312 e. The summed E-state index contributed by atoms with van der Waals surface area (Å²) in [5.74, 6) is 0.452. The Hall–Kier alpha value is -0.450. The zero-order valence-electron chi connectivity index (χ0n) is 11.5. The third kappa shape index (κ3) is 4.86. The van der Waals surface area contributed by atoms with E-state index in [0.717, 1.165) is 18.7 Å². The van der Waals surface area contributed by atoms with Crippen LogP contribution in [0.4, 0.5) is 4.39 Å². The quantitative estimate of drug-likeness (QED) is 0.860. The average Bonchev–Trinajstić information content (AvgIpc) is 2.86. The Morgan fingerprint density at radius 1 is 1.37 bits per heavy atom. The molecule has 0 saturated carbocycles. The van der Waals surface area contributed by atoms with Crippen molar-refractivity contribution >= 4 is 15.9 Å². The predicted molar refractivity (Wildman–Crippen MR) is 80.6 cm³/mol. The lowest BCUT2D eigenvalue weighted by molar-refractivity contribution is 0.282. The lowest BCUT2D eigenvalue weighted by atomic mass is 10.1. The van der Waals surface area contributed by atoms with Crippen LogP contribution in [-0.4, -0.2) is 31.1 Å². The fourth-order valence-corrected chi connectivity index (χ4v) is 3.01. The van der Waals surface area contributed by atoms with Gasteiger partial charge in [-0.3, -0.25) is 0 Å². The Labute approximate surface area is 123 Å². The van der Waals surface area contributed by atoms with Crippen LogP contribution in [0.5, 0.6) is 0 Å². The van der Waals surface area contributed by atoms with Gasteiger partial charge in [-0.25, -0.2) is 4.39 Å². The molecule has 2 rings (SSSR count). The number of halogens is 2. The fourth-order valence-electron chi connectivity index (χ4n) is 2.58. The van der Waals surface area contributed by atoms with Crippen LogP contribution in [0.25, 0.3) is 0 Å². The highest BCUT2D eigenvalue weighted by Gasteiger charge is 2.14. The first-order chi connectivity index (χ1) is 9.15. The van der Waals surface area contributed by atoms with Gasteiger partial charge in [-0.1, -0.05) is 13.0 Å². The van der Waals surface area contributed by atoms with Gasteiger partial charge < -0.3 is 10.2 Å². The van der Waals surface area contributed by atoms with Crippen LogP contribution in [0.2, 0.25) is 0 Å². The molecule has 19 heavy (non-hydrogen) atoms. The Kier molecular flexibility index (Phi) is 5.79. The Bertz CT molecular complexity index is 405. The minimum atomic E-state index is -0.203. The van der Waals surface area contributed by atoms with Gasteiger partial charge in [0.05, 0.1) is 4.47 Å². The SMILES string of the molecule is CC(CNCc1ccc(F)c(Br)c1)CN1CCCC1. The molecule has 4 heteroatoms. The zero-order chi connectivity index (χ0) is 13.7. The van der Waals surface area contributed by atoms with Crippen LogP contribution in [0.3, 0.4) is 0 Å². The van der Waals surface area contributed by atoms with Crippen LogP contribution in [0, 0.1) is 11.7 Å². The number of nitrogens with zero attached hydrogens (tertiary/aromatic N) is 1. The summed E-state index contributed by atoms with van der Waals surface area (Å²) in [6.07, 6.45) is 2.70. The van der Waals surface area contributed by atoms with Crippen molar-refractivity contribution in [3.63, 3.8) is 0 Å². The number of benzene rings is 1. The second-order valence-electron chi connectivity index (χ2n) is 5.49. The summed E-state index contributed by atoms with van der Waals surface area (Å²) >= 11 is 3.22. The second-order valence-corrected chi connectivity index (χ2v) is 6.35. The van der Waals surface area contributed by atoms with Crippen molar-refractivity contribution in [2.75, 3.05) is 26.2 Å². The molecule has 1 fully saturated rings. The third-order valence-corrected chi connectivity index (χ3v) is 4.18. The Morgan fingerprint density at radius 3 is 2.79 bits per heavy atom. The van der Waals surface area contributed by atoms with Crippen LogP contribution < -0.4 is 5.32 Å². The first kappa shape index (κ1) is 14.9. The first-order valence-electron chi connectivity index (χ1n) is 7.02. The van der Waals surface area contributed by atoms with Crippen LogP contribution in [0.1, 0.15) is 25.3 Å². The molecule has 1 unspecified atom stereocenters. The van der Waals surface area contributed by atoms with Crippen molar-refractivity contribution < 1.29 is 4.39 Å². The number of hydrogen-bond acceptors (Lipinski definition) is 2. The maximum Gasteiger partial charge on any atom is 0.137 e. The van der Waals surface area contributed by atoms with E-state index in [4.69, 9.17) is 0 Å². The summed E-state index contributed by atoms with van der Waals surface area (Å²) in [7, 11) is 0. The summed E-state index contributed by atoms with van der Waals surface area (Å²) < 4.78 is 13.6. The standard InChI is InChI=1S/C15H22BrFN2/c1-12(11-19-6-2-3-7-19)9-18-10-13-4-5-15(17)14(16)8-13/h4-5,8,12,18H,2-3,6-7,9-11H2,1H3. The van der Waals surface area contributed by atoms with E-state index in [1.807, 2.05) is 12.1 Å². The highest BCUT2D eigenvalue weighted by atomic mass is 79.9. The summed E-state index contributed by atoms with van der Waals surface area (Å²) in [4.78, 5) is 2.54. The number of rotatable bonds is 6. The zero-order valence-corrected chi connectivity index (χ0v) is 13.0. The van der Waals surface area contributed by atoms with Gasteiger partial charge in [0.1, 0.15) is 5.82 Å². The van der Waals surface area contributed by atoms with Crippen molar-refractivity contribution in [1.29, 1.82) is 0 Å². The van der Waals surface area contributed by atoms with E-state index in [-0.39, 0.29) is 5.82 Å². The van der Waals surface area contributed by atoms with Gasteiger partial charge in [0, 0.05) is 13.1 Å². The van der Waals surface area contributed by atoms with E-state index in [0.29, 0.717) is 10.4 Å². The molecule has 1 aromatic carbocycles. The molecule has 2 nitrogen and oxygen atoms in total. The molecule has 0 bridgehead atoms. The molecular formula is C15H22BrFN2. The van der Waals surface area contributed by atoms with Gasteiger partial charge in [0.2, 0.25) is 0 Å². The van der Waals surface area contributed by atoms with Gasteiger partial charge in [-0.05, 0) is 72.0 Å². The summed E-state index contributed by atoms with van der Waals surface area (Å²) in [5.41, 5.74) is 1.11. The van der Waals surface area contributed by atoms with Gasteiger partial charge in [0.25, 0.3) is 0 Å². The van der Waals surface area contributed by atoms with Gasteiger partial charge in [-0.2, -0.15) is 0 Å². The largest absolute Gasteiger partial charge is 0.312 e. The van der Waals surface area contributed by atoms with E-state index in [1.54, 1.807) is 0 Å². The third-order valence-electron chi connectivity index (χ3n) is 3.57. The van der Waals surface area contributed by atoms with Crippen LogP contribution in [-0.2, 0) is 6.54 Å². The molecule has 1 aliphatic heterocycles. The molecule has 0 spiro atoms. The summed E-state index contributed by atoms with van der Waals surface area (Å²) in [5, 5.41) is 3.45. The maximum atomic E-state index is 13.1. The highest BCUT2D eigenvalue weighted by molar-refractivity contribution is 9.10. The molecule has 106 valence electrons. The highest BCUT2D eigenvalue weighted by Crippen LogP contribution is 2.16. The molecule has 1 heterocycles. The molecule has 0 aromatic heterocycles. The molecule has 0 radical (unpaired) electrons. The summed E-state index contributed by atoms with van der Waals surface area (Å²) in [6.45, 7) is 7.78. The van der Waals surface area contributed by atoms with E-state index >= 15 is 0 Å². The number of nitrogens with one attached hydrogen (secondary N) is 1. The first-order valence-corrected chi connectivity index (χ1v) is 7.81. The predicted octanol–water partition coefficient (Wildman–Crippen LogP) is 3.41. The van der Waals surface area contributed by atoms with Crippen molar-refractivity contribution in [1.82, 2.24) is 10.2 Å². The van der Waals surface area contributed by atoms with Crippen LogP contribution in [0.15, 0.2) is 22.7 Å². The molecule has 1 atom stereocenters. The lowest BCUT2D eigenvalue weighted by Gasteiger charge is -2.20. The van der Waals surface area contributed by atoms with Crippen molar-refractivity contribution in [2.45, 2.75) is 26.3 Å². The second kappa shape index (κ2) is 7.36. The molecule has 1 aliphatic rings. The van der Waals surface area contributed by atoms with Crippen molar-refractivity contribution in [2.24, 2.45) is 5.92 Å². The normalized spacial score (nSPS) is 17.8.